The van der Waals surface area contributed by atoms with E-state index in [9.17, 15) is 4.79 Å². The van der Waals surface area contributed by atoms with E-state index in [1.54, 1.807) is 6.07 Å². The Labute approximate surface area is 107 Å². The second-order valence-corrected chi connectivity index (χ2v) is 5.24. The Morgan fingerprint density at radius 1 is 1.44 bits per heavy atom. The first kappa shape index (κ1) is 12.8. The average Bonchev–Trinajstić information content (AvgIpc) is 3.09. The molecule has 5 nitrogen and oxygen atoms in total. The maximum Gasteiger partial charge on any atom is 0.270 e. The standard InChI is InChI=1S/C13H20N4O/c1-8(2)7-14-13-15-9(3)6-11(17-13)12(18)16-10-4-5-10/h6,8,10H,4-5,7H2,1-3H3,(H,16,18)(H,14,15,17). The highest BCUT2D eigenvalue weighted by Gasteiger charge is 2.24. The van der Waals surface area contributed by atoms with Gasteiger partial charge in [0.15, 0.2) is 0 Å². The second-order valence-electron chi connectivity index (χ2n) is 5.24. The van der Waals surface area contributed by atoms with Gasteiger partial charge in [-0.15, -0.1) is 0 Å². The molecule has 98 valence electrons. The van der Waals surface area contributed by atoms with Crippen LogP contribution in [0.15, 0.2) is 6.07 Å². The van der Waals surface area contributed by atoms with Gasteiger partial charge in [0.1, 0.15) is 5.69 Å². The number of aromatic nitrogens is 2. The van der Waals surface area contributed by atoms with E-state index in [2.05, 4.69) is 34.4 Å². The number of nitrogens with one attached hydrogen (secondary N) is 2. The Bertz CT molecular complexity index is 441. The van der Waals surface area contributed by atoms with Gasteiger partial charge in [0.2, 0.25) is 5.95 Å². The maximum absolute atomic E-state index is 11.9. The fraction of sp³-hybridized carbons (Fsp3) is 0.615. The highest BCUT2D eigenvalue weighted by atomic mass is 16.2. The summed E-state index contributed by atoms with van der Waals surface area (Å²) in [5.74, 6) is 0.943. The number of carbonyl (C=O) groups is 1. The number of aryl methyl sites for hydroxylation is 1. The third-order valence-electron chi connectivity index (χ3n) is 2.67. The van der Waals surface area contributed by atoms with Gasteiger partial charge >= 0.3 is 0 Å². The topological polar surface area (TPSA) is 66.9 Å². The summed E-state index contributed by atoms with van der Waals surface area (Å²) in [5, 5.41) is 6.08. The zero-order chi connectivity index (χ0) is 13.1. The molecule has 1 aromatic heterocycles. The lowest BCUT2D eigenvalue weighted by Gasteiger charge is -2.09. The summed E-state index contributed by atoms with van der Waals surface area (Å²) in [6, 6.07) is 2.07. The van der Waals surface area contributed by atoms with Crippen molar-refractivity contribution < 1.29 is 4.79 Å². The van der Waals surface area contributed by atoms with Crippen LogP contribution in [0.5, 0.6) is 0 Å². The summed E-state index contributed by atoms with van der Waals surface area (Å²) in [5.41, 5.74) is 1.25. The lowest BCUT2D eigenvalue weighted by Crippen LogP contribution is -2.27. The predicted molar refractivity (Wildman–Crippen MR) is 70.6 cm³/mol. The molecule has 1 aromatic rings. The van der Waals surface area contributed by atoms with Crippen molar-refractivity contribution in [1.82, 2.24) is 15.3 Å². The molecular weight excluding hydrogens is 228 g/mol. The van der Waals surface area contributed by atoms with Crippen LogP contribution in [0.3, 0.4) is 0 Å². The number of nitrogens with zero attached hydrogens (tertiary/aromatic N) is 2. The van der Waals surface area contributed by atoms with Crippen molar-refractivity contribution >= 4 is 11.9 Å². The molecule has 2 N–H and O–H groups in total. The van der Waals surface area contributed by atoms with Crippen LogP contribution in [-0.4, -0.2) is 28.5 Å². The summed E-state index contributed by atoms with van der Waals surface area (Å²) in [4.78, 5) is 20.4. The summed E-state index contributed by atoms with van der Waals surface area (Å²) in [6.45, 7) is 6.90. The van der Waals surface area contributed by atoms with Gasteiger partial charge in [-0.05, 0) is 31.7 Å². The molecule has 0 saturated heterocycles. The first-order valence-corrected chi connectivity index (χ1v) is 6.45. The molecule has 1 amide bonds. The molecule has 2 rings (SSSR count). The highest BCUT2D eigenvalue weighted by molar-refractivity contribution is 5.93. The van der Waals surface area contributed by atoms with Gasteiger partial charge in [-0.1, -0.05) is 13.8 Å². The zero-order valence-electron chi connectivity index (χ0n) is 11.2. The molecule has 1 fully saturated rings. The highest BCUT2D eigenvalue weighted by Crippen LogP contribution is 2.19. The van der Waals surface area contributed by atoms with E-state index < -0.39 is 0 Å². The van der Waals surface area contributed by atoms with Gasteiger partial charge < -0.3 is 10.6 Å². The molecule has 5 heteroatoms. The number of anilines is 1. The molecule has 18 heavy (non-hydrogen) atoms. The monoisotopic (exact) mass is 248 g/mol. The van der Waals surface area contributed by atoms with Crippen LogP contribution in [-0.2, 0) is 0 Å². The van der Waals surface area contributed by atoms with Crippen molar-refractivity contribution in [2.45, 2.75) is 39.7 Å². The second kappa shape index (κ2) is 5.33. The minimum absolute atomic E-state index is 0.101. The van der Waals surface area contributed by atoms with Crippen molar-refractivity contribution in [3.05, 3.63) is 17.5 Å². The van der Waals surface area contributed by atoms with Gasteiger partial charge in [-0.2, -0.15) is 0 Å². The lowest BCUT2D eigenvalue weighted by atomic mass is 10.2. The van der Waals surface area contributed by atoms with Crippen molar-refractivity contribution in [1.29, 1.82) is 0 Å². The summed E-state index contributed by atoms with van der Waals surface area (Å²) >= 11 is 0. The van der Waals surface area contributed by atoms with E-state index in [4.69, 9.17) is 0 Å². The van der Waals surface area contributed by atoms with Gasteiger partial charge in [-0.3, -0.25) is 4.79 Å². The molecule has 0 spiro atoms. The SMILES string of the molecule is Cc1cc(C(=O)NC2CC2)nc(NCC(C)C)n1. The average molecular weight is 248 g/mol. The van der Waals surface area contributed by atoms with Gasteiger partial charge in [0, 0.05) is 18.3 Å². The van der Waals surface area contributed by atoms with Crippen molar-refractivity contribution in [3.8, 4) is 0 Å². The predicted octanol–water partition coefficient (Wildman–Crippen LogP) is 1.75. The normalized spacial score (nSPS) is 14.7. The third kappa shape index (κ3) is 3.68. The first-order valence-electron chi connectivity index (χ1n) is 6.45. The minimum Gasteiger partial charge on any atom is -0.354 e. The van der Waals surface area contributed by atoms with Crippen LogP contribution in [0.2, 0.25) is 0 Å². The fourth-order valence-corrected chi connectivity index (χ4v) is 1.55. The first-order chi connectivity index (χ1) is 8.54. The Kier molecular flexibility index (Phi) is 3.79. The Morgan fingerprint density at radius 3 is 2.78 bits per heavy atom. The summed E-state index contributed by atoms with van der Waals surface area (Å²) < 4.78 is 0. The number of hydrogen-bond donors (Lipinski definition) is 2. The van der Waals surface area contributed by atoms with E-state index in [1.165, 1.54) is 0 Å². The fourth-order valence-electron chi connectivity index (χ4n) is 1.55. The van der Waals surface area contributed by atoms with E-state index in [-0.39, 0.29) is 5.91 Å². The lowest BCUT2D eigenvalue weighted by molar-refractivity contribution is 0.0946. The van der Waals surface area contributed by atoms with Crippen LogP contribution in [0.1, 0.15) is 42.9 Å². The van der Waals surface area contributed by atoms with E-state index in [0.717, 1.165) is 25.1 Å². The molecule has 0 atom stereocenters. The van der Waals surface area contributed by atoms with Crippen LogP contribution in [0.4, 0.5) is 5.95 Å². The molecule has 0 bridgehead atoms. The van der Waals surface area contributed by atoms with E-state index in [1.807, 2.05) is 6.92 Å². The van der Waals surface area contributed by atoms with Gasteiger partial charge in [0.25, 0.3) is 5.91 Å². The Hall–Kier alpha value is -1.65. The largest absolute Gasteiger partial charge is 0.354 e. The van der Waals surface area contributed by atoms with Crippen LogP contribution < -0.4 is 10.6 Å². The van der Waals surface area contributed by atoms with Crippen LogP contribution >= 0.6 is 0 Å². The van der Waals surface area contributed by atoms with Crippen LogP contribution in [0.25, 0.3) is 0 Å². The smallest absolute Gasteiger partial charge is 0.270 e. The van der Waals surface area contributed by atoms with Gasteiger partial charge in [-0.25, -0.2) is 9.97 Å². The van der Waals surface area contributed by atoms with Gasteiger partial charge in [0.05, 0.1) is 0 Å². The number of carbonyl (C=O) groups excluding carboxylic acids is 1. The zero-order valence-corrected chi connectivity index (χ0v) is 11.2. The molecule has 1 heterocycles. The van der Waals surface area contributed by atoms with Crippen molar-refractivity contribution in [2.24, 2.45) is 5.92 Å². The van der Waals surface area contributed by atoms with E-state index >= 15 is 0 Å². The summed E-state index contributed by atoms with van der Waals surface area (Å²) in [7, 11) is 0. The molecule has 0 aliphatic heterocycles. The third-order valence-corrected chi connectivity index (χ3v) is 2.67. The number of hydrogen-bond acceptors (Lipinski definition) is 4. The number of rotatable bonds is 5. The summed E-state index contributed by atoms with van der Waals surface area (Å²) in [6.07, 6.45) is 2.16. The Balaban J connectivity index is 2.06. The minimum atomic E-state index is -0.101. The molecule has 0 radical (unpaired) electrons. The van der Waals surface area contributed by atoms with E-state index in [0.29, 0.717) is 23.6 Å². The molecule has 1 saturated carbocycles. The molecule has 0 aromatic carbocycles. The van der Waals surface area contributed by atoms with Crippen LogP contribution in [0, 0.1) is 12.8 Å². The Morgan fingerprint density at radius 2 is 2.17 bits per heavy atom. The molecule has 1 aliphatic rings. The molecule has 1 aliphatic carbocycles. The maximum atomic E-state index is 11.9. The molecule has 0 unspecified atom stereocenters. The quantitative estimate of drug-likeness (QED) is 0.833. The molecular formula is C13H20N4O. The van der Waals surface area contributed by atoms with Crippen molar-refractivity contribution in [3.63, 3.8) is 0 Å². The number of amides is 1. The van der Waals surface area contributed by atoms with Crippen molar-refractivity contribution in [2.75, 3.05) is 11.9 Å².